The molecule has 3 rings (SSSR count). The molecule has 0 saturated heterocycles. The van der Waals surface area contributed by atoms with Crippen molar-refractivity contribution in [2.45, 2.75) is 38.6 Å². The van der Waals surface area contributed by atoms with Gasteiger partial charge >= 0.3 is 0 Å². The van der Waals surface area contributed by atoms with Crippen molar-refractivity contribution in [3.05, 3.63) is 59.7 Å². The largest absolute Gasteiger partial charge is 0.354 e. The van der Waals surface area contributed by atoms with E-state index in [1.807, 2.05) is 12.1 Å². The van der Waals surface area contributed by atoms with Crippen molar-refractivity contribution in [1.82, 2.24) is 20.3 Å². The summed E-state index contributed by atoms with van der Waals surface area (Å²) in [5.41, 5.74) is 2.87. The predicted molar refractivity (Wildman–Crippen MR) is 97.1 cm³/mol. The highest BCUT2D eigenvalue weighted by atomic mass is 16.1. The maximum absolute atomic E-state index is 12.2. The fourth-order valence-corrected chi connectivity index (χ4v) is 2.81. The topological polar surface area (TPSA) is 79.8 Å². The van der Waals surface area contributed by atoms with Gasteiger partial charge in [-0.15, -0.1) is 0 Å². The molecular formula is C19H23N5O. The zero-order chi connectivity index (χ0) is 17.3. The normalized spacial score (nSPS) is 13.8. The molecular weight excluding hydrogens is 314 g/mol. The summed E-state index contributed by atoms with van der Waals surface area (Å²) in [6.45, 7) is 1.23. The molecule has 0 atom stereocenters. The SMILES string of the molecule is O=C(NCc1ccncc1)c1ccnc(NCCC2=CCCCC2)n1. The third-order valence-electron chi connectivity index (χ3n) is 4.20. The van der Waals surface area contributed by atoms with Crippen LogP contribution in [-0.2, 0) is 6.54 Å². The van der Waals surface area contributed by atoms with Gasteiger partial charge in [0.05, 0.1) is 0 Å². The summed E-state index contributed by atoms with van der Waals surface area (Å²) in [7, 11) is 0. The Kier molecular flexibility index (Phi) is 6.09. The van der Waals surface area contributed by atoms with Crippen LogP contribution in [0.15, 0.2) is 48.4 Å². The molecule has 0 saturated carbocycles. The highest BCUT2D eigenvalue weighted by Crippen LogP contribution is 2.19. The minimum atomic E-state index is -0.211. The van der Waals surface area contributed by atoms with Gasteiger partial charge in [0, 0.05) is 31.7 Å². The minimum absolute atomic E-state index is 0.211. The van der Waals surface area contributed by atoms with Crippen molar-refractivity contribution in [3.63, 3.8) is 0 Å². The third-order valence-corrected chi connectivity index (χ3v) is 4.20. The lowest BCUT2D eigenvalue weighted by Crippen LogP contribution is -2.24. The zero-order valence-corrected chi connectivity index (χ0v) is 14.2. The average molecular weight is 337 g/mol. The second kappa shape index (κ2) is 8.92. The molecule has 0 aliphatic heterocycles. The van der Waals surface area contributed by atoms with Crippen LogP contribution in [0.5, 0.6) is 0 Å². The van der Waals surface area contributed by atoms with Gasteiger partial charge in [-0.25, -0.2) is 9.97 Å². The third kappa shape index (κ3) is 5.38. The molecule has 130 valence electrons. The summed E-state index contributed by atoms with van der Waals surface area (Å²) in [5.74, 6) is 0.283. The van der Waals surface area contributed by atoms with Gasteiger partial charge in [0.2, 0.25) is 5.95 Å². The van der Waals surface area contributed by atoms with E-state index in [2.05, 4.69) is 31.7 Å². The van der Waals surface area contributed by atoms with Gasteiger partial charge in [0.1, 0.15) is 5.69 Å². The Morgan fingerprint density at radius 3 is 2.80 bits per heavy atom. The maximum Gasteiger partial charge on any atom is 0.270 e. The van der Waals surface area contributed by atoms with Crippen molar-refractivity contribution < 1.29 is 4.79 Å². The average Bonchev–Trinajstić information content (AvgIpc) is 2.68. The minimum Gasteiger partial charge on any atom is -0.354 e. The lowest BCUT2D eigenvalue weighted by Gasteiger charge is -2.13. The van der Waals surface area contributed by atoms with Crippen molar-refractivity contribution in [2.75, 3.05) is 11.9 Å². The number of amides is 1. The van der Waals surface area contributed by atoms with E-state index in [-0.39, 0.29) is 5.91 Å². The molecule has 1 aliphatic rings. The number of carbonyl (C=O) groups excluding carboxylic acids is 1. The molecule has 2 heterocycles. The Bertz CT molecular complexity index is 730. The van der Waals surface area contributed by atoms with E-state index in [1.54, 1.807) is 24.7 Å². The fourth-order valence-electron chi connectivity index (χ4n) is 2.81. The van der Waals surface area contributed by atoms with Crippen LogP contribution in [0.4, 0.5) is 5.95 Å². The van der Waals surface area contributed by atoms with Crippen molar-refractivity contribution in [1.29, 1.82) is 0 Å². The summed E-state index contributed by atoms with van der Waals surface area (Å²) >= 11 is 0. The van der Waals surface area contributed by atoms with Crippen LogP contribution >= 0.6 is 0 Å². The van der Waals surface area contributed by atoms with Gasteiger partial charge in [0.15, 0.2) is 0 Å². The summed E-state index contributed by atoms with van der Waals surface area (Å²) in [6.07, 6.45) is 13.3. The molecule has 25 heavy (non-hydrogen) atoms. The molecule has 0 spiro atoms. The smallest absolute Gasteiger partial charge is 0.270 e. The van der Waals surface area contributed by atoms with Crippen molar-refractivity contribution in [2.24, 2.45) is 0 Å². The standard InChI is InChI=1S/C19H23N5O/c25-18(23-14-16-6-10-20-11-7-16)17-9-13-22-19(24-17)21-12-8-15-4-2-1-3-5-15/h4,6-7,9-11,13H,1-3,5,8,12,14H2,(H,23,25)(H,21,22,24). The van der Waals surface area contributed by atoms with E-state index in [9.17, 15) is 4.79 Å². The van der Waals surface area contributed by atoms with Crippen molar-refractivity contribution >= 4 is 11.9 Å². The van der Waals surface area contributed by atoms with Gasteiger partial charge in [0.25, 0.3) is 5.91 Å². The number of carbonyl (C=O) groups is 1. The number of pyridine rings is 1. The summed E-state index contributed by atoms with van der Waals surface area (Å²) in [6, 6.07) is 5.36. The number of nitrogens with zero attached hydrogens (tertiary/aromatic N) is 3. The number of nitrogens with one attached hydrogen (secondary N) is 2. The molecule has 0 fully saturated rings. The molecule has 6 nitrogen and oxygen atoms in total. The lowest BCUT2D eigenvalue weighted by molar-refractivity contribution is 0.0946. The summed E-state index contributed by atoms with van der Waals surface area (Å²) < 4.78 is 0. The first kappa shape index (κ1) is 17.1. The van der Waals surface area contributed by atoms with Gasteiger partial charge < -0.3 is 10.6 Å². The molecule has 1 amide bonds. The van der Waals surface area contributed by atoms with Crippen molar-refractivity contribution in [3.8, 4) is 0 Å². The lowest BCUT2D eigenvalue weighted by atomic mass is 9.97. The Labute approximate surface area is 147 Å². The quantitative estimate of drug-likeness (QED) is 0.759. The molecule has 0 radical (unpaired) electrons. The van der Waals surface area contributed by atoms with E-state index in [0.29, 0.717) is 18.2 Å². The highest BCUT2D eigenvalue weighted by molar-refractivity contribution is 5.92. The Morgan fingerprint density at radius 2 is 2.00 bits per heavy atom. The Balaban J connectivity index is 1.50. The van der Waals surface area contributed by atoms with Gasteiger partial charge in [-0.1, -0.05) is 11.6 Å². The number of aromatic nitrogens is 3. The van der Waals surface area contributed by atoms with Crippen LogP contribution in [0.2, 0.25) is 0 Å². The van der Waals surface area contributed by atoms with E-state index in [1.165, 1.54) is 31.3 Å². The Hall–Kier alpha value is -2.76. The van der Waals surface area contributed by atoms with Gasteiger partial charge in [-0.3, -0.25) is 9.78 Å². The van der Waals surface area contributed by atoms with E-state index in [4.69, 9.17) is 0 Å². The Morgan fingerprint density at radius 1 is 1.12 bits per heavy atom. The monoisotopic (exact) mass is 337 g/mol. The molecule has 0 aromatic carbocycles. The number of anilines is 1. The molecule has 0 bridgehead atoms. The first-order valence-electron chi connectivity index (χ1n) is 8.73. The van der Waals surface area contributed by atoms with Crippen LogP contribution in [0.3, 0.4) is 0 Å². The molecule has 0 unspecified atom stereocenters. The molecule has 2 N–H and O–H groups in total. The van der Waals surface area contributed by atoms with Crippen LogP contribution in [-0.4, -0.2) is 27.4 Å². The second-order valence-corrected chi connectivity index (χ2v) is 6.09. The number of allylic oxidation sites excluding steroid dienone is 1. The zero-order valence-electron chi connectivity index (χ0n) is 14.2. The number of hydrogen-bond acceptors (Lipinski definition) is 5. The van der Waals surface area contributed by atoms with Crippen LogP contribution in [0.25, 0.3) is 0 Å². The first-order valence-corrected chi connectivity index (χ1v) is 8.73. The maximum atomic E-state index is 12.2. The number of hydrogen-bond donors (Lipinski definition) is 2. The van der Waals surface area contributed by atoms with Gasteiger partial charge in [-0.2, -0.15) is 0 Å². The molecule has 6 heteroatoms. The van der Waals surface area contributed by atoms with E-state index in [0.717, 1.165) is 18.5 Å². The predicted octanol–water partition coefficient (Wildman–Crippen LogP) is 3.10. The summed E-state index contributed by atoms with van der Waals surface area (Å²) in [5, 5.41) is 6.07. The number of rotatable bonds is 7. The molecule has 2 aromatic heterocycles. The second-order valence-electron chi connectivity index (χ2n) is 6.09. The highest BCUT2D eigenvalue weighted by Gasteiger charge is 2.09. The summed E-state index contributed by atoms with van der Waals surface area (Å²) in [4.78, 5) is 24.7. The molecule has 1 aliphatic carbocycles. The van der Waals surface area contributed by atoms with Crippen LogP contribution in [0, 0.1) is 0 Å². The van der Waals surface area contributed by atoms with E-state index >= 15 is 0 Å². The van der Waals surface area contributed by atoms with E-state index < -0.39 is 0 Å². The molecule has 2 aromatic rings. The van der Waals surface area contributed by atoms with Crippen LogP contribution in [0.1, 0.15) is 48.2 Å². The fraction of sp³-hybridized carbons (Fsp3) is 0.368. The first-order chi connectivity index (χ1) is 12.3. The van der Waals surface area contributed by atoms with Gasteiger partial charge in [-0.05, 0) is 55.9 Å². The van der Waals surface area contributed by atoms with Crippen LogP contribution < -0.4 is 10.6 Å².